The summed E-state index contributed by atoms with van der Waals surface area (Å²) in [6.07, 6.45) is -4.35. The van der Waals surface area contributed by atoms with E-state index in [1.54, 1.807) is 41.1 Å². The summed E-state index contributed by atoms with van der Waals surface area (Å²) in [4.78, 5) is 0. The van der Waals surface area contributed by atoms with Gasteiger partial charge >= 0.3 is 6.18 Å². The number of ether oxygens (including phenoxy) is 3. The van der Waals surface area contributed by atoms with Gasteiger partial charge in [-0.1, -0.05) is 92.6 Å². The third-order valence-electron chi connectivity index (χ3n) is 6.57. The van der Waals surface area contributed by atoms with Crippen LogP contribution in [0.3, 0.4) is 0 Å². The standard InChI is InChI=1S/C12H15F3O.C12H18O.C11H16O/c1-11(2,3)9-6-5-8(16-4)7-10(9)12(13,14)15;1-9-6-7-10(12(2,3)4)8-11(9)13-5;1-11(2,3)9-5-7-10(12-4)8-6-9/h5-7H,1-4H3;6-8H,1-5H3;5-8H,1-4H3. The first-order chi connectivity index (χ1) is 18.6. The van der Waals surface area contributed by atoms with Gasteiger partial charge in [0, 0.05) is 0 Å². The quantitative estimate of drug-likeness (QED) is 0.311. The second-order valence-corrected chi connectivity index (χ2v) is 13.1. The molecule has 0 aliphatic heterocycles. The Bertz CT molecular complexity index is 1220. The Kier molecular flexibility index (Phi) is 12.4. The van der Waals surface area contributed by atoms with Gasteiger partial charge in [0.05, 0.1) is 26.9 Å². The van der Waals surface area contributed by atoms with E-state index in [0.717, 1.165) is 17.6 Å². The Hall–Kier alpha value is -3.15. The fourth-order valence-electron chi connectivity index (χ4n) is 3.92. The van der Waals surface area contributed by atoms with E-state index in [1.165, 1.54) is 29.9 Å². The van der Waals surface area contributed by atoms with Gasteiger partial charge in [-0.3, -0.25) is 0 Å². The van der Waals surface area contributed by atoms with Crippen LogP contribution in [0.1, 0.15) is 90.1 Å². The lowest BCUT2D eigenvalue weighted by molar-refractivity contribution is -0.138. The first-order valence-corrected chi connectivity index (χ1v) is 13.7. The molecule has 0 bridgehead atoms. The first-order valence-electron chi connectivity index (χ1n) is 13.7. The molecule has 0 atom stereocenters. The van der Waals surface area contributed by atoms with Gasteiger partial charge in [-0.05, 0) is 75.8 Å². The van der Waals surface area contributed by atoms with Crippen LogP contribution in [0.4, 0.5) is 13.2 Å². The second-order valence-electron chi connectivity index (χ2n) is 13.1. The van der Waals surface area contributed by atoms with E-state index in [2.05, 4.69) is 78.8 Å². The van der Waals surface area contributed by atoms with Crippen LogP contribution in [-0.2, 0) is 22.4 Å². The third kappa shape index (κ3) is 11.3. The van der Waals surface area contributed by atoms with E-state index < -0.39 is 17.2 Å². The highest BCUT2D eigenvalue weighted by Crippen LogP contribution is 2.39. The van der Waals surface area contributed by atoms with Crippen LogP contribution in [0.15, 0.2) is 60.7 Å². The molecular formula is C35H49F3O3. The van der Waals surface area contributed by atoms with Gasteiger partial charge in [0.15, 0.2) is 0 Å². The van der Waals surface area contributed by atoms with Crippen molar-refractivity contribution in [2.24, 2.45) is 0 Å². The SMILES string of the molecule is COc1cc(C(C)(C)C)ccc1C.COc1ccc(C(C)(C)C)c(C(F)(F)F)c1.COc1ccc(C(C)(C)C)cc1. The highest BCUT2D eigenvalue weighted by Gasteiger charge is 2.36. The molecule has 0 heterocycles. The van der Waals surface area contributed by atoms with Crippen LogP contribution in [-0.4, -0.2) is 21.3 Å². The number of alkyl halides is 3. The van der Waals surface area contributed by atoms with Crippen LogP contribution < -0.4 is 14.2 Å². The van der Waals surface area contributed by atoms with Crippen molar-refractivity contribution in [3.8, 4) is 17.2 Å². The maximum absolute atomic E-state index is 12.8. The molecule has 0 aliphatic carbocycles. The summed E-state index contributed by atoms with van der Waals surface area (Å²) in [6.45, 7) is 20.5. The topological polar surface area (TPSA) is 27.7 Å². The van der Waals surface area contributed by atoms with Crippen LogP contribution in [0.2, 0.25) is 0 Å². The molecule has 0 saturated carbocycles. The van der Waals surface area contributed by atoms with E-state index in [1.807, 2.05) is 12.1 Å². The Labute approximate surface area is 246 Å². The van der Waals surface area contributed by atoms with E-state index in [-0.39, 0.29) is 22.1 Å². The summed E-state index contributed by atoms with van der Waals surface area (Å²) >= 11 is 0. The van der Waals surface area contributed by atoms with Crippen LogP contribution in [0, 0.1) is 6.92 Å². The minimum Gasteiger partial charge on any atom is -0.497 e. The number of rotatable bonds is 3. The molecular weight excluding hydrogens is 525 g/mol. The summed E-state index contributed by atoms with van der Waals surface area (Å²) in [5.74, 6) is 2.12. The normalized spacial score (nSPS) is 11.9. The molecule has 6 heteroatoms. The molecule has 228 valence electrons. The molecule has 41 heavy (non-hydrogen) atoms. The van der Waals surface area contributed by atoms with Crippen molar-refractivity contribution in [2.45, 2.75) is 91.7 Å². The predicted molar refractivity (Wildman–Crippen MR) is 165 cm³/mol. The van der Waals surface area contributed by atoms with Gasteiger partial charge in [0.25, 0.3) is 0 Å². The van der Waals surface area contributed by atoms with Crippen molar-refractivity contribution in [3.05, 3.63) is 88.5 Å². The molecule has 3 nitrogen and oxygen atoms in total. The van der Waals surface area contributed by atoms with Crippen LogP contribution >= 0.6 is 0 Å². The summed E-state index contributed by atoms with van der Waals surface area (Å²) in [6, 6.07) is 18.7. The summed E-state index contributed by atoms with van der Waals surface area (Å²) < 4.78 is 53.7. The molecule has 3 aromatic carbocycles. The molecule has 0 unspecified atom stereocenters. The predicted octanol–water partition coefficient (Wildman–Crippen LogP) is 10.3. The highest BCUT2D eigenvalue weighted by atomic mass is 19.4. The zero-order chi connectivity index (χ0) is 31.8. The Morgan fingerprint density at radius 2 is 0.951 bits per heavy atom. The average molecular weight is 575 g/mol. The molecule has 3 rings (SSSR count). The zero-order valence-electron chi connectivity index (χ0n) is 27.1. The third-order valence-corrected chi connectivity index (χ3v) is 6.57. The van der Waals surface area contributed by atoms with E-state index in [9.17, 15) is 13.2 Å². The van der Waals surface area contributed by atoms with E-state index >= 15 is 0 Å². The Morgan fingerprint density at radius 1 is 0.488 bits per heavy atom. The van der Waals surface area contributed by atoms with Crippen molar-refractivity contribution in [1.82, 2.24) is 0 Å². The maximum Gasteiger partial charge on any atom is 0.416 e. The monoisotopic (exact) mass is 574 g/mol. The first kappa shape index (κ1) is 35.9. The van der Waals surface area contributed by atoms with Gasteiger partial charge in [-0.2, -0.15) is 13.2 Å². The van der Waals surface area contributed by atoms with Gasteiger partial charge in [-0.25, -0.2) is 0 Å². The molecule has 0 aliphatic rings. The summed E-state index contributed by atoms with van der Waals surface area (Å²) in [5, 5.41) is 0. The minimum absolute atomic E-state index is 0.195. The molecule has 0 aromatic heterocycles. The number of halogens is 3. The molecule has 0 saturated heterocycles. The van der Waals surface area contributed by atoms with Crippen molar-refractivity contribution in [1.29, 1.82) is 0 Å². The number of hydrogen-bond donors (Lipinski definition) is 0. The van der Waals surface area contributed by atoms with Gasteiger partial charge in [0.1, 0.15) is 17.2 Å². The second kappa shape index (κ2) is 14.2. The van der Waals surface area contributed by atoms with Gasteiger partial charge in [-0.15, -0.1) is 0 Å². The maximum atomic E-state index is 12.8. The molecule has 0 spiro atoms. The lowest BCUT2D eigenvalue weighted by atomic mass is 9.83. The lowest BCUT2D eigenvalue weighted by Gasteiger charge is -2.24. The van der Waals surface area contributed by atoms with Gasteiger partial charge in [0.2, 0.25) is 0 Å². The van der Waals surface area contributed by atoms with Crippen molar-refractivity contribution in [2.75, 3.05) is 21.3 Å². The highest BCUT2D eigenvalue weighted by molar-refractivity contribution is 5.41. The molecule has 0 radical (unpaired) electrons. The van der Waals surface area contributed by atoms with Gasteiger partial charge < -0.3 is 14.2 Å². The molecule has 0 fully saturated rings. The van der Waals surface area contributed by atoms with Crippen LogP contribution in [0.5, 0.6) is 17.2 Å². The van der Waals surface area contributed by atoms with E-state index in [4.69, 9.17) is 14.2 Å². The zero-order valence-corrected chi connectivity index (χ0v) is 27.1. The minimum atomic E-state index is -4.35. The summed E-state index contributed by atoms with van der Waals surface area (Å²) in [5.41, 5.74) is 3.37. The van der Waals surface area contributed by atoms with Crippen LogP contribution in [0.25, 0.3) is 0 Å². The lowest BCUT2D eigenvalue weighted by Crippen LogP contribution is -2.19. The smallest absolute Gasteiger partial charge is 0.416 e. The summed E-state index contributed by atoms with van der Waals surface area (Å²) in [7, 11) is 4.76. The number of aryl methyl sites for hydroxylation is 1. The largest absolute Gasteiger partial charge is 0.497 e. The fraction of sp³-hybridized carbons (Fsp3) is 0.486. The molecule has 0 N–H and O–H groups in total. The Balaban J connectivity index is 0.000000311. The number of hydrogen-bond acceptors (Lipinski definition) is 3. The molecule has 0 amide bonds. The van der Waals surface area contributed by atoms with Crippen molar-refractivity contribution >= 4 is 0 Å². The average Bonchev–Trinajstić information content (AvgIpc) is 2.87. The van der Waals surface area contributed by atoms with Crippen molar-refractivity contribution in [3.63, 3.8) is 0 Å². The molecule has 3 aromatic rings. The fourth-order valence-corrected chi connectivity index (χ4v) is 3.92. The van der Waals surface area contributed by atoms with E-state index in [0.29, 0.717) is 0 Å². The number of benzene rings is 3. The van der Waals surface area contributed by atoms with Crippen molar-refractivity contribution < 1.29 is 27.4 Å². The number of methoxy groups -OCH3 is 3. The Morgan fingerprint density at radius 3 is 1.34 bits per heavy atom.